The highest BCUT2D eigenvalue weighted by Gasteiger charge is 2.15. The number of aromatic hydroxyl groups is 2. The molecule has 5 nitrogen and oxygen atoms in total. The largest absolute Gasteiger partial charge is 0.507 e. The van der Waals surface area contributed by atoms with Crippen LogP contribution in [0.15, 0.2) is 83.0 Å². The van der Waals surface area contributed by atoms with Crippen LogP contribution in [0.3, 0.4) is 0 Å². The van der Waals surface area contributed by atoms with Crippen LogP contribution in [0.4, 0.5) is 5.69 Å². The Labute approximate surface area is 148 Å². The van der Waals surface area contributed by atoms with E-state index in [9.17, 15) is 15.0 Å². The van der Waals surface area contributed by atoms with Gasteiger partial charge in [-0.2, -0.15) is 0 Å². The number of amides is 1. The Balaban J connectivity index is 1.89. The normalized spacial score (nSPS) is 11.4. The fourth-order valence-corrected chi connectivity index (χ4v) is 2.98. The number of carbonyl (C=O) groups excluding carboxylic acids is 1. The van der Waals surface area contributed by atoms with Crippen LogP contribution >= 0.6 is 0 Å². The second kappa shape index (κ2) is 6.29. The molecule has 0 fully saturated rings. The summed E-state index contributed by atoms with van der Waals surface area (Å²) in [6.45, 7) is 0. The molecule has 0 saturated heterocycles. The molecular formula is C21H14N2O3. The fourth-order valence-electron chi connectivity index (χ4n) is 2.98. The highest BCUT2D eigenvalue weighted by Crippen LogP contribution is 2.45. The van der Waals surface area contributed by atoms with Gasteiger partial charge in [0.2, 0.25) is 0 Å². The molecule has 4 aromatic rings. The van der Waals surface area contributed by atoms with Crippen LogP contribution in [0.1, 0.15) is 10.4 Å². The minimum absolute atomic E-state index is 0.00453. The molecule has 0 aromatic heterocycles. The molecule has 0 bridgehead atoms. The lowest BCUT2D eigenvalue weighted by molar-refractivity contribution is 0.0995. The molecule has 5 heteroatoms. The monoisotopic (exact) mass is 342 g/mol. The molecule has 0 aliphatic heterocycles. The van der Waals surface area contributed by atoms with Gasteiger partial charge >= 0.3 is 0 Å². The van der Waals surface area contributed by atoms with Gasteiger partial charge in [-0.1, -0.05) is 54.6 Å². The predicted molar refractivity (Wildman–Crippen MR) is 100 cm³/mol. The molecule has 0 aliphatic carbocycles. The average Bonchev–Trinajstić information content (AvgIpc) is 2.70. The number of fused-ring (bicyclic) bond motifs is 2. The number of carbonyl (C=O) groups is 1. The number of nitrogens with zero attached hydrogens (tertiary/aromatic N) is 2. The Hall–Kier alpha value is -3.73. The fraction of sp³-hybridized carbons (Fsp3) is 0. The summed E-state index contributed by atoms with van der Waals surface area (Å²) >= 11 is 0. The van der Waals surface area contributed by atoms with Gasteiger partial charge in [0.1, 0.15) is 11.5 Å². The van der Waals surface area contributed by atoms with Crippen molar-refractivity contribution in [2.45, 2.75) is 0 Å². The molecule has 26 heavy (non-hydrogen) atoms. The van der Waals surface area contributed by atoms with Crippen LogP contribution in [-0.4, -0.2) is 16.1 Å². The van der Waals surface area contributed by atoms with Gasteiger partial charge in [0, 0.05) is 21.7 Å². The molecular weight excluding hydrogens is 328 g/mol. The molecule has 0 spiro atoms. The molecule has 2 N–H and O–H groups in total. The maximum absolute atomic E-state index is 12.1. The Morgan fingerprint density at radius 1 is 0.692 bits per heavy atom. The van der Waals surface area contributed by atoms with Crippen molar-refractivity contribution in [3.8, 4) is 11.5 Å². The molecule has 1 amide bonds. The molecule has 0 unspecified atom stereocenters. The van der Waals surface area contributed by atoms with Gasteiger partial charge in [-0.05, 0) is 18.2 Å². The molecule has 4 aromatic carbocycles. The van der Waals surface area contributed by atoms with E-state index < -0.39 is 5.91 Å². The van der Waals surface area contributed by atoms with Crippen molar-refractivity contribution < 1.29 is 15.0 Å². The number of hydrogen-bond acceptors (Lipinski definition) is 4. The quantitative estimate of drug-likeness (QED) is 0.293. The lowest BCUT2D eigenvalue weighted by Gasteiger charge is -2.10. The van der Waals surface area contributed by atoms with Gasteiger partial charge in [-0.25, -0.2) is 0 Å². The summed E-state index contributed by atoms with van der Waals surface area (Å²) in [5.74, 6) is -0.429. The maximum atomic E-state index is 12.1. The lowest BCUT2D eigenvalue weighted by Crippen LogP contribution is -1.92. The lowest BCUT2D eigenvalue weighted by atomic mass is 9.99. The number of rotatable bonds is 2. The van der Waals surface area contributed by atoms with E-state index in [1.807, 2.05) is 6.07 Å². The van der Waals surface area contributed by atoms with Gasteiger partial charge < -0.3 is 10.2 Å². The van der Waals surface area contributed by atoms with E-state index >= 15 is 0 Å². The van der Waals surface area contributed by atoms with Crippen molar-refractivity contribution in [1.82, 2.24) is 0 Å². The van der Waals surface area contributed by atoms with Gasteiger partial charge in [-0.15, -0.1) is 10.2 Å². The van der Waals surface area contributed by atoms with Crippen LogP contribution in [0.25, 0.3) is 21.5 Å². The summed E-state index contributed by atoms with van der Waals surface area (Å²) in [4.78, 5) is 12.1. The zero-order valence-electron chi connectivity index (χ0n) is 13.6. The number of phenols is 2. The Morgan fingerprint density at radius 2 is 1.31 bits per heavy atom. The van der Waals surface area contributed by atoms with Crippen LogP contribution in [0, 0.1) is 0 Å². The first-order chi connectivity index (χ1) is 12.7. The summed E-state index contributed by atoms with van der Waals surface area (Å²) in [6.07, 6.45) is 0. The zero-order chi connectivity index (χ0) is 18.1. The number of phenolic OH excluding ortho intramolecular Hbond substituents is 2. The van der Waals surface area contributed by atoms with E-state index in [1.54, 1.807) is 66.7 Å². The van der Waals surface area contributed by atoms with Gasteiger partial charge in [0.05, 0.1) is 11.1 Å². The first-order valence-electron chi connectivity index (χ1n) is 8.03. The Morgan fingerprint density at radius 3 is 2.04 bits per heavy atom. The summed E-state index contributed by atoms with van der Waals surface area (Å²) in [7, 11) is 0. The number of benzene rings is 4. The van der Waals surface area contributed by atoms with E-state index in [2.05, 4.69) is 10.2 Å². The minimum atomic E-state index is -0.480. The highest BCUT2D eigenvalue weighted by molar-refractivity contribution is 6.14. The Bertz CT molecular complexity index is 1170. The summed E-state index contributed by atoms with van der Waals surface area (Å²) in [5.41, 5.74) is 0.735. The van der Waals surface area contributed by atoms with Crippen molar-refractivity contribution in [3.05, 3.63) is 78.4 Å². The third-order valence-electron chi connectivity index (χ3n) is 4.24. The van der Waals surface area contributed by atoms with Crippen molar-refractivity contribution in [2.75, 3.05) is 0 Å². The third kappa shape index (κ3) is 2.56. The molecule has 0 heterocycles. The standard InChI is InChI=1S/C21H14N2O3/c24-19-14-9-4-5-10-15(14)20(25)18-16(19)11-6-12-17(18)22-23-21(26)13-7-2-1-3-8-13/h1-12,24-25H. The Kier molecular flexibility index (Phi) is 3.82. The summed E-state index contributed by atoms with van der Waals surface area (Å²) in [6, 6.07) is 20.6. The maximum Gasteiger partial charge on any atom is 0.295 e. The smallest absolute Gasteiger partial charge is 0.295 e. The molecule has 0 saturated carbocycles. The van der Waals surface area contributed by atoms with Crippen molar-refractivity contribution in [2.24, 2.45) is 10.2 Å². The number of azo groups is 1. The average molecular weight is 342 g/mol. The van der Waals surface area contributed by atoms with E-state index in [1.165, 1.54) is 0 Å². The summed E-state index contributed by atoms with van der Waals surface area (Å²) in [5, 5.41) is 30.9. The van der Waals surface area contributed by atoms with Gasteiger partial charge in [-0.3, -0.25) is 4.79 Å². The van der Waals surface area contributed by atoms with Crippen molar-refractivity contribution in [1.29, 1.82) is 0 Å². The molecule has 0 radical (unpaired) electrons. The van der Waals surface area contributed by atoms with Crippen LogP contribution in [-0.2, 0) is 0 Å². The minimum Gasteiger partial charge on any atom is -0.507 e. The molecule has 0 aliphatic rings. The number of hydrogen-bond donors (Lipinski definition) is 2. The first kappa shape index (κ1) is 15.8. The second-order valence-corrected chi connectivity index (χ2v) is 5.81. The summed E-state index contributed by atoms with van der Waals surface area (Å²) < 4.78 is 0. The third-order valence-corrected chi connectivity index (χ3v) is 4.24. The second-order valence-electron chi connectivity index (χ2n) is 5.81. The van der Waals surface area contributed by atoms with Crippen molar-refractivity contribution >= 4 is 33.1 Å². The predicted octanol–water partition coefficient (Wildman–Crippen LogP) is 5.33. The van der Waals surface area contributed by atoms with Crippen molar-refractivity contribution in [3.63, 3.8) is 0 Å². The van der Waals surface area contributed by atoms with E-state index in [0.29, 0.717) is 32.8 Å². The molecule has 0 atom stereocenters. The molecule has 4 rings (SSSR count). The van der Waals surface area contributed by atoms with Crippen LogP contribution < -0.4 is 0 Å². The molecule has 126 valence electrons. The first-order valence-corrected chi connectivity index (χ1v) is 8.03. The van der Waals surface area contributed by atoms with Crippen LogP contribution in [0.2, 0.25) is 0 Å². The van der Waals surface area contributed by atoms with Gasteiger partial charge in [0.15, 0.2) is 0 Å². The topological polar surface area (TPSA) is 82.2 Å². The van der Waals surface area contributed by atoms with Crippen LogP contribution in [0.5, 0.6) is 11.5 Å². The van der Waals surface area contributed by atoms with E-state index in [4.69, 9.17) is 0 Å². The highest BCUT2D eigenvalue weighted by atomic mass is 16.3. The van der Waals surface area contributed by atoms with E-state index in [-0.39, 0.29) is 11.5 Å². The van der Waals surface area contributed by atoms with E-state index in [0.717, 1.165) is 0 Å². The zero-order valence-corrected chi connectivity index (χ0v) is 13.6. The SMILES string of the molecule is O=C(N=Nc1cccc2c(O)c3ccccc3c(O)c12)c1ccccc1. The van der Waals surface area contributed by atoms with Gasteiger partial charge in [0.25, 0.3) is 5.91 Å².